The molecular formula is C20H24FN5O6S. The number of hydrogen-bond acceptors (Lipinski definition) is 9. The number of nitrogens with zero attached hydrogens (tertiary/aromatic N) is 3. The van der Waals surface area contributed by atoms with Gasteiger partial charge in [-0.15, -0.1) is 0 Å². The standard InChI is InChI=1S/C20H24FN5O6S/c1-31-7-3-2-5-26-6-4-13(10-26)18(27)15-9-23-12-24-20(15)25-16-8-14(19(28)17(16)21)11-32-33(22,29)30/h4,6,9-10,12,14,16-17,19,28H,5,7-8,11H2,1H3,(H2,22,29,30)(H,23,24,25)/t14-,16-,17-,19-/m1/s1. The highest BCUT2D eigenvalue weighted by atomic mass is 32.2. The number of nitrogens with one attached hydrogen (secondary N) is 1. The van der Waals surface area contributed by atoms with Gasteiger partial charge >= 0.3 is 10.3 Å². The molecule has 0 aromatic carbocycles. The fourth-order valence-electron chi connectivity index (χ4n) is 3.47. The van der Waals surface area contributed by atoms with Crippen molar-refractivity contribution in [1.82, 2.24) is 14.5 Å². The molecule has 33 heavy (non-hydrogen) atoms. The molecule has 0 aliphatic heterocycles. The van der Waals surface area contributed by atoms with Crippen molar-refractivity contribution < 1.29 is 31.6 Å². The van der Waals surface area contributed by atoms with Crippen molar-refractivity contribution in [3.05, 3.63) is 42.1 Å². The maximum Gasteiger partial charge on any atom is 0.333 e. The summed E-state index contributed by atoms with van der Waals surface area (Å²) in [4.78, 5) is 21.0. The fraction of sp³-hybridized carbons (Fsp3) is 0.450. The Balaban J connectivity index is 1.71. The van der Waals surface area contributed by atoms with Crippen LogP contribution in [0.25, 0.3) is 0 Å². The molecule has 0 unspecified atom stereocenters. The minimum Gasteiger partial charge on any atom is -0.390 e. The molecule has 3 rings (SSSR count). The highest BCUT2D eigenvalue weighted by Gasteiger charge is 2.44. The van der Waals surface area contributed by atoms with Crippen LogP contribution in [0.3, 0.4) is 0 Å². The van der Waals surface area contributed by atoms with Crippen molar-refractivity contribution in [2.24, 2.45) is 11.1 Å². The molecule has 1 fully saturated rings. The van der Waals surface area contributed by atoms with E-state index in [1.165, 1.54) is 12.5 Å². The zero-order valence-corrected chi connectivity index (χ0v) is 18.5. The molecule has 0 bridgehead atoms. The molecule has 178 valence electrons. The van der Waals surface area contributed by atoms with Gasteiger partial charge in [0.1, 0.15) is 24.9 Å². The van der Waals surface area contributed by atoms with E-state index < -0.39 is 41.1 Å². The SMILES string of the molecule is COCC#CCn1ccc(C(=O)c2cncnc2N[C@@H]2C[C@H](COS(N)(=O)=O)[C@@H](O)[C@@H]2F)c1. The number of ketones is 1. The van der Waals surface area contributed by atoms with Crippen LogP contribution in [0.4, 0.5) is 10.2 Å². The van der Waals surface area contributed by atoms with Gasteiger partial charge in [0, 0.05) is 37.2 Å². The Bertz CT molecular complexity index is 1150. The number of aromatic nitrogens is 3. The smallest absolute Gasteiger partial charge is 0.333 e. The van der Waals surface area contributed by atoms with Gasteiger partial charge in [0.15, 0.2) is 5.78 Å². The molecule has 2 heterocycles. The summed E-state index contributed by atoms with van der Waals surface area (Å²) >= 11 is 0. The molecule has 4 atom stereocenters. The second kappa shape index (κ2) is 10.8. The van der Waals surface area contributed by atoms with Gasteiger partial charge in [-0.25, -0.2) is 19.5 Å². The van der Waals surface area contributed by atoms with Crippen molar-refractivity contribution in [3.63, 3.8) is 0 Å². The molecule has 1 aliphatic rings. The number of methoxy groups -OCH3 is 1. The van der Waals surface area contributed by atoms with Gasteiger partial charge in [0.2, 0.25) is 0 Å². The summed E-state index contributed by atoms with van der Waals surface area (Å²) in [5.41, 5.74) is 0.482. The highest BCUT2D eigenvalue weighted by Crippen LogP contribution is 2.32. The number of hydrogen-bond donors (Lipinski definition) is 3. The molecule has 0 spiro atoms. The van der Waals surface area contributed by atoms with E-state index in [1.54, 1.807) is 30.1 Å². The first-order valence-corrected chi connectivity index (χ1v) is 11.4. The third-order valence-electron chi connectivity index (χ3n) is 5.09. The summed E-state index contributed by atoms with van der Waals surface area (Å²) in [6, 6.07) is 0.686. The number of alkyl halides is 1. The molecule has 1 aliphatic carbocycles. The van der Waals surface area contributed by atoms with Crippen molar-refractivity contribution in [1.29, 1.82) is 0 Å². The highest BCUT2D eigenvalue weighted by molar-refractivity contribution is 7.84. The number of halogens is 1. The van der Waals surface area contributed by atoms with Crippen LogP contribution >= 0.6 is 0 Å². The second-order valence-corrected chi connectivity index (χ2v) is 8.65. The molecule has 0 radical (unpaired) electrons. The largest absolute Gasteiger partial charge is 0.390 e. The lowest BCUT2D eigenvalue weighted by atomic mass is 10.1. The number of anilines is 1. The lowest BCUT2D eigenvalue weighted by Gasteiger charge is -2.18. The summed E-state index contributed by atoms with van der Waals surface area (Å²) in [6.07, 6.45) is 2.66. The molecule has 2 aromatic rings. The van der Waals surface area contributed by atoms with Crippen molar-refractivity contribution in [3.8, 4) is 11.8 Å². The Morgan fingerprint density at radius 1 is 1.45 bits per heavy atom. The third-order valence-corrected chi connectivity index (χ3v) is 5.56. The van der Waals surface area contributed by atoms with Crippen molar-refractivity contribution >= 4 is 21.9 Å². The fourth-order valence-corrected chi connectivity index (χ4v) is 3.83. The zero-order valence-electron chi connectivity index (χ0n) is 17.7. The molecule has 1 saturated carbocycles. The zero-order chi connectivity index (χ0) is 24.0. The van der Waals surface area contributed by atoms with Gasteiger partial charge < -0.3 is 19.7 Å². The number of carbonyl (C=O) groups is 1. The minimum absolute atomic E-state index is 0.0337. The van der Waals surface area contributed by atoms with Crippen LogP contribution in [0.1, 0.15) is 22.3 Å². The Hall–Kier alpha value is -2.89. The molecule has 4 N–H and O–H groups in total. The molecule has 13 heteroatoms. The van der Waals surface area contributed by atoms with E-state index in [2.05, 4.69) is 31.3 Å². The van der Waals surface area contributed by atoms with Crippen LogP contribution < -0.4 is 10.5 Å². The maximum atomic E-state index is 14.7. The molecule has 0 amide bonds. The summed E-state index contributed by atoms with van der Waals surface area (Å²) < 4.78 is 47.7. The predicted octanol–water partition coefficient (Wildman–Crippen LogP) is -0.122. The van der Waals surface area contributed by atoms with E-state index in [0.717, 1.165) is 0 Å². The summed E-state index contributed by atoms with van der Waals surface area (Å²) in [7, 11) is -2.67. The first-order valence-electron chi connectivity index (χ1n) is 9.90. The lowest BCUT2D eigenvalue weighted by molar-refractivity contribution is 0.0501. The first kappa shape index (κ1) is 24.7. The van der Waals surface area contributed by atoms with E-state index >= 15 is 0 Å². The summed E-state index contributed by atoms with van der Waals surface area (Å²) in [6.45, 7) is 0.220. The van der Waals surface area contributed by atoms with Crippen LogP contribution in [0.2, 0.25) is 0 Å². The van der Waals surface area contributed by atoms with Gasteiger partial charge in [0.05, 0.1) is 30.9 Å². The normalized spacial score (nSPS) is 22.5. The number of aliphatic hydroxyl groups excluding tert-OH is 1. The summed E-state index contributed by atoms with van der Waals surface area (Å²) in [5, 5.41) is 17.7. The van der Waals surface area contributed by atoms with Gasteiger partial charge in [-0.05, 0) is 12.5 Å². The van der Waals surface area contributed by atoms with Crippen LogP contribution in [-0.2, 0) is 25.8 Å². The van der Waals surface area contributed by atoms with Gasteiger partial charge in [-0.2, -0.15) is 8.42 Å². The molecule has 11 nitrogen and oxygen atoms in total. The van der Waals surface area contributed by atoms with E-state index in [-0.39, 0.29) is 23.6 Å². The van der Waals surface area contributed by atoms with Crippen LogP contribution in [-0.4, -0.2) is 72.5 Å². The van der Waals surface area contributed by atoms with Gasteiger partial charge in [-0.1, -0.05) is 11.8 Å². The average molecular weight is 482 g/mol. The van der Waals surface area contributed by atoms with Crippen molar-refractivity contribution in [2.45, 2.75) is 31.3 Å². The number of nitrogens with two attached hydrogens (primary N) is 1. The van der Waals surface area contributed by atoms with E-state index in [9.17, 15) is 22.7 Å². The number of ether oxygens (including phenoxy) is 1. The van der Waals surface area contributed by atoms with Crippen LogP contribution in [0.5, 0.6) is 0 Å². The lowest BCUT2D eigenvalue weighted by Crippen LogP contribution is -2.33. The second-order valence-electron chi connectivity index (χ2n) is 7.43. The van der Waals surface area contributed by atoms with Crippen LogP contribution in [0, 0.1) is 17.8 Å². The average Bonchev–Trinajstić information content (AvgIpc) is 3.35. The maximum absolute atomic E-state index is 14.7. The van der Waals surface area contributed by atoms with E-state index in [0.29, 0.717) is 18.7 Å². The minimum atomic E-state index is -4.22. The third kappa shape index (κ3) is 6.56. The molecule has 0 saturated heterocycles. The molecular weight excluding hydrogens is 457 g/mol. The number of aliphatic hydroxyl groups is 1. The quantitative estimate of drug-likeness (QED) is 0.328. The Morgan fingerprint density at radius 3 is 2.97 bits per heavy atom. The van der Waals surface area contributed by atoms with Crippen LogP contribution in [0.15, 0.2) is 31.0 Å². The molecule has 2 aromatic heterocycles. The first-order chi connectivity index (χ1) is 15.7. The van der Waals surface area contributed by atoms with Crippen molar-refractivity contribution in [2.75, 3.05) is 25.6 Å². The summed E-state index contributed by atoms with van der Waals surface area (Å²) in [5.74, 6) is 4.62. The Labute approximate surface area is 190 Å². The predicted molar refractivity (Wildman–Crippen MR) is 115 cm³/mol. The number of rotatable bonds is 9. The number of carbonyl (C=O) groups excluding carboxylic acids is 1. The Kier molecular flexibility index (Phi) is 8.11. The monoisotopic (exact) mass is 481 g/mol. The Morgan fingerprint density at radius 2 is 2.24 bits per heavy atom. The van der Waals surface area contributed by atoms with E-state index in [4.69, 9.17) is 9.88 Å². The van der Waals surface area contributed by atoms with Gasteiger partial charge in [-0.3, -0.25) is 8.98 Å². The van der Waals surface area contributed by atoms with Gasteiger partial charge in [0.25, 0.3) is 0 Å². The van der Waals surface area contributed by atoms with E-state index in [1.807, 2.05) is 0 Å². The topological polar surface area (TPSA) is 159 Å².